The van der Waals surface area contributed by atoms with E-state index in [1.54, 1.807) is 30.2 Å². The topological polar surface area (TPSA) is 59.0 Å². The van der Waals surface area contributed by atoms with Crippen LogP contribution >= 0.6 is 34.5 Å². The second-order valence-corrected chi connectivity index (χ2v) is 7.60. The summed E-state index contributed by atoms with van der Waals surface area (Å²) in [5, 5.41) is 1.62. The number of hydrogen-bond donors (Lipinski definition) is 0. The minimum atomic E-state index is -0.0183. The molecule has 0 saturated heterocycles. The van der Waals surface area contributed by atoms with E-state index in [1.165, 1.54) is 11.3 Å². The Morgan fingerprint density at radius 1 is 1.23 bits per heavy atom. The molecule has 134 valence electrons. The van der Waals surface area contributed by atoms with Gasteiger partial charge in [0.25, 0.3) is 0 Å². The molecule has 0 unspecified atom stereocenters. The van der Waals surface area contributed by atoms with Crippen molar-refractivity contribution in [3.8, 4) is 0 Å². The Morgan fingerprint density at radius 3 is 2.69 bits per heavy atom. The molecule has 5 nitrogen and oxygen atoms in total. The maximum Gasteiger partial charge on any atom is 0.191 e. The molecule has 2 heterocycles. The summed E-state index contributed by atoms with van der Waals surface area (Å²) in [5.74, 6) is 1.18. The Morgan fingerprint density at radius 2 is 2.00 bits per heavy atom. The van der Waals surface area contributed by atoms with Crippen LogP contribution in [-0.2, 0) is 6.42 Å². The van der Waals surface area contributed by atoms with Crippen molar-refractivity contribution in [3.05, 3.63) is 62.5 Å². The van der Waals surface area contributed by atoms with Gasteiger partial charge < -0.3 is 4.90 Å². The van der Waals surface area contributed by atoms with Crippen molar-refractivity contribution in [2.45, 2.75) is 20.3 Å². The first-order valence-corrected chi connectivity index (χ1v) is 9.40. The largest absolute Gasteiger partial charge is 0.305 e. The predicted molar refractivity (Wildman–Crippen MR) is 106 cm³/mol. The van der Waals surface area contributed by atoms with Gasteiger partial charge in [0.05, 0.1) is 11.1 Å². The number of rotatable bonds is 5. The second kappa shape index (κ2) is 7.70. The van der Waals surface area contributed by atoms with Gasteiger partial charge in [-0.2, -0.15) is 0 Å². The highest BCUT2D eigenvalue weighted by Gasteiger charge is 2.17. The zero-order valence-electron chi connectivity index (χ0n) is 14.5. The molecule has 0 spiro atoms. The first kappa shape index (κ1) is 18.8. The summed E-state index contributed by atoms with van der Waals surface area (Å²) in [6, 6.07) is 7.27. The Labute approximate surface area is 165 Å². The fourth-order valence-electron chi connectivity index (χ4n) is 2.47. The zero-order chi connectivity index (χ0) is 18.8. The predicted octanol–water partition coefficient (Wildman–Crippen LogP) is 5.05. The van der Waals surface area contributed by atoms with Crippen LogP contribution in [0.1, 0.15) is 26.6 Å². The molecule has 3 rings (SSSR count). The van der Waals surface area contributed by atoms with Gasteiger partial charge in [0.15, 0.2) is 10.9 Å². The highest BCUT2D eigenvalue weighted by Crippen LogP contribution is 2.29. The van der Waals surface area contributed by atoms with Crippen molar-refractivity contribution in [1.82, 2.24) is 15.0 Å². The molecule has 0 radical (unpaired) electrons. The van der Waals surface area contributed by atoms with Crippen molar-refractivity contribution in [2.24, 2.45) is 0 Å². The van der Waals surface area contributed by atoms with E-state index in [2.05, 4.69) is 15.0 Å². The average Bonchev–Trinajstić information content (AvgIpc) is 3.06. The molecule has 3 aromatic rings. The van der Waals surface area contributed by atoms with Crippen LogP contribution in [0.15, 0.2) is 30.5 Å². The Balaban J connectivity index is 1.82. The van der Waals surface area contributed by atoms with Gasteiger partial charge in [0, 0.05) is 24.6 Å². The fourth-order valence-corrected chi connectivity index (χ4v) is 3.81. The third kappa shape index (κ3) is 4.03. The lowest BCUT2D eigenvalue weighted by molar-refractivity contribution is 0.0996. The molecular formula is C18H16Cl2N4OS. The van der Waals surface area contributed by atoms with Gasteiger partial charge in [-0.25, -0.2) is 15.0 Å². The van der Waals surface area contributed by atoms with Gasteiger partial charge in [-0.05, 0) is 31.0 Å². The number of aromatic nitrogens is 3. The maximum atomic E-state index is 12.6. The molecule has 2 aromatic heterocycles. The second-order valence-electron chi connectivity index (χ2n) is 5.80. The third-order valence-electron chi connectivity index (χ3n) is 3.88. The van der Waals surface area contributed by atoms with Crippen molar-refractivity contribution >= 4 is 51.3 Å². The molecule has 0 aliphatic rings. The summed E-state index contributed by atoms with van der Waals surface area (Å²) in [4.78, 5) is 27.7. The van der Waals surface area contributed by atoms with Crippen LogP contribution in [-0.4, -0.2) is 27.8 Å². The molecule has 0 fully saturated rings. The Hall–Kier alpha value is -2.02. The van der Waals surface area contributed by atoms with Crippen LogP contribution in [0.5, 0.6) is 0 Å². The Bertz CT molecular complexity index is 933. The molecule has 0 N–H and O–H groups in total. The summed E-state index contributed by atoms with van der Waals surface area (Å²) < 4.78 is 0. The number of carbonyl (C=O) groups excluding carboxylic acids is 1. The maximum absolute atomic E-state index is 12.6. The van der Waals surface area contributed by atoms with Crippen LogP contribution in [0.4, 0.5) is 10.9 Å². The smallest absolute Gasteiger partial charge is 0.191 e. The summed E-state index contributed by atoms with van der Waals surface area (Å²) in [6.45, 7) is 3.72. The van der Waals surface area contributed by atoms with E-state index in [4.69, 9.17) is 23.2 Å². The summed E-state index contributed by atoms with van der Waals surface area (Å²) in [7, 11) is 1.82. The lowest BCUT2D eigenvalue weighted by Gasteiger charge is -2.14. The van der Waals surface area contributed by atoms with E-state index < -0.39 is 0 Å². The quantitative estimate of drug-likeness (QED) is 0.438. The molecule has 0 aliphatic carbocycles. The average molecular weight is 407 g/mol. The summed E-state index contributed by atoms with van der Waals surface area (Å²) in [5.41, 5.74) is 1.85. The normalized spacial score (nSPS) is 10.8. The van der Waals surface area contributed by atoms with Crippen LogP contribution in [0.3, 0.4) is 0 Å². The van der Waals surface area contributed by atoms with E-state index in [0.29, 0.717) is 31.8 Å². The number of hydrogen-bond acceptors (Lipinski definition) is 6. The molecule has 26 heavy (non-hydrogen) atoms. The monoisotopic (exact) mass is 406 g/mol. The molecule has 0 saturated carbocycles. The standard InChI is InChI=1S/C18H16Cl2N4OS/c1-10-5-4-6-13(19)12(10)7-14(25)15-9-21-18(26-15)24(3)17-8-16(20)22-11(2)23-17/h4-6,8-9H,7H2,1-3H3. The van der Waals surface area contributed by atoms with Gasteiger partial charge >= 0.3 is 0 Å². The highest BCUT2D eigenvalue weighted by molar-refractivity contribution is 7.17. The van der Waals surface area contributed by atoms with Crippen molar-refractivity contribution < 1.29 is 4.79 Å². The third-order valence-corrected chi connectivity index (χ3v) is 5.55. The number of ketones is 1. The number of thiazole rings is 1. The molecule has 0 atom stereocenters. The van der Waals surface area contributed by atoms with Gasteiger partial charge in [-0.3, -0.25) is 4.79 Å². The number of anilines is 2. The molecule has 8 heteroatoms. The lowest BCUT2D eigenvalue weighted by Crippen LogP contribution is -2.11. The van der Waals surface area contributed by atoms with Crippen molar-refractivity contribution in [1.29, 1.82) is 0 Å². The SMILES string of the molecule is Cc1nc(Cl)cc(N(C)c2ncc(C(=O)Cc3c(C)cccc3Cl)s2)n1. The van der Waals surface area contributed by atoms with E-state index in [9.17, 15) is 4.79 Å². The molecule has 1 aromatic carbocycles. The van der Waals surface area contributed by atoms with Crippen molar-refractivity contribution in [3.63, 3.8) is 0 Å². The summed E-state index contributed by atoms with van der Waals surface area (Å²) >= 11 is 13.5. The van der Waals surface area contributed by atoms with Crippen LogP contribution in [0, 0.1) is 13.8 Å². The number of carbonyl (C=O) groups is 1. The van der Waals surface area contributed by atoms with Gasteiger partial charge in [0.2, 0.25) is 0 Å². The van der Waals surface area contributed by atoms with Crippen LogP contribution in [0.2, 0.25) is 10.2 Å². The fraction of sp³-hybridized carbons (Fsp3) is 0.222. The Kier molecular flexibility index (Phi) is 5.55. The summed E-state index contributed by atoms with van der Waals surface area (Å²) in [6.07, 6.45) is 1.83. The van der Waals surface area contributed by atoms with E-state index >= 15 is 0 Å². The number of Topliss-reactive ketones (excluding diaryl/α,β-unsaturated/α-hetero) is 1. The van der Waals surface area contributed by atoms with E-state index in [-0.39, 0.29) is 12.2 Å². The van der Waals surface area contributed by atoms with Gasteiger partial charge in [0.1, 0.15) is 16.8 Å². The zero-order valence-corrected chi connectivity index (χ0v) is 16.8. The first-order chi connectivity index (χ1) is 12.3. The van der Waals surface area contributed by atoms with Gasteiger partial charge in [-0.15, -0.1) is 0 Å². The minimum Gasteiger partial charge on any atom is -0.305 e. The van der Waals surface area contributed by atoms with E-state index in [0.717, 1.165) is 11.1 Å². The first-order valence-electron chi connectivity index (χ1n) is 7.83. The van der Waals surface area contributed by atoms with E-state index in [1.807, 2.05) is 26.1 Å². The highest BCUT2D eigenvalue weighted by atomic mass is 35.5. The number of aryl methyl sites for hydroxylation is 2. The van der Waals surface area contributed by atoms with Crippen LogP contribution in [0.25, 0.3) is 0 Å². The van der Waals surface area contributed by atoms with Gasteiger partial charge in [-0.1, -0.05) is 46.7 Å². The lowest BCUT2D eigenvalue weighted by atomic mass is 10.0. The number of benzene rings is 1. The molecular weight excluding hydrogens is 391 g/mol. The molecule has 0 aliphatic heterocycles. The molecule has 0 bridgehead atoms. The number of halogens is 2. The number of nitrogens with zero attached hydrogens (tertiary/aromatic N) is 4. The minimum absolute atomic E-state index is 0.0183. The van der Waals surface area contributed by atoms with Crippen molar-refractivity contribution in [2.75, 3.05) is 11.9 Å². The van der Waals surface area contributed by atoms with Crippen LogP contribution < -0.4 is 4.90 Å². The molecule has 0 amide bonds.